The van der Waals surface area contributed by atoms with E-state index in [0.29, 0.717) is 11.3 Å². The molecular weight excluding hydrogens is 266 g/mol. The first-order valence-corrected chi connectivity index (χ1v) is 6.39. The Kier molecular flexibility index (Phi) is 3.47. The molecule has 104 valence electrons. The normalized spacial score (nSPS) is 11.1. The zero-order chi connectivity index (χ0) is 14.7. The van der Waals surface area contributed by atoms with E-state index in [1.807, 2.05) is 18.2 Å². The Balaban J connectivity index is 1.98. The molecule has 5 heteroatoms. The van der Waals surface area contributed by atoms with E-state index in [1.54, 1.807) is 43.9 Å². The van der Waals surface area contributed by atoms with Crippen molar-refractivity contribution < 1.29 is 9.84 Å². The number of hydrogen-bond acceptors (Lipinski definition) is 5. The van der Waals surface area contributed by atoms with Crippen LogP contribution in [0.15, 0.2) is 53.8 Å². The number of ether oxygens (including phenoxy) is 1. The summed E-state index contributed by atoms with van der Waals surface area (Å²) in [4.78, 5) is 12.8. The van der Waals surface area contributed by atoms with Gasteiger partial charge in [-0.05, 0) is 30.3 Å². The van der Waals surface area contributed by atoms with Crippen LogP contribution in [0.5, 0.6) is 11.5 Å². The van der Waals surface area contributed by atoms with Crippen LogP contribution in [0.3, 0.4) is 0 Å². The molecule has 3 aromatic rings. The zero-order valence-corrected chi connectivity index (χ0v) is 11.4. The number of benzene rings is 2. The van der Waals surface area contributed by atoms with Crippen LogP contribution in [0.25, 0.3) is 11.0 Å². The molecule has 0 unspecified atom stereocenters. The Hall–Kier alpha value is -2.95. The number of aromatic hydroxyl groups is 1. The molecule has 0 bridgehead atoms. The molecule has 0 atom stereocenters. The second-order valence-corrected chi connectivity index (χ2v) is 4.38. The Morgan fingerprint density at radius 2 is 1.90 bits per heavy atom. The fraction of sp³-hybridized carbons (Fsp3) is 0.0625. The molecule has 21 heavy (non-hydrogen) atoms. The maximum absolute atomic E-state index is 9.88. The highest BCUT2D eigenvalue weighted by atomic mass is 16.5. The number of nitrogens with zero attached hydrogens (tertiary/aromatic N) is 3. The van der Waals surface area contributed by atoms with Crippen molar-refractivity contribution in [3.05, 3.63) is 54.4 Å². The van der Waals surface area contributed by atoms with Crippen LogP contribution in [0.2, 0.25) is 0 Å². The lowest BCUT2D eigenvalue weighted by Crippen LogP contribution is -1.91. The quantitative estimate of drug-likeness (QED) is 0.748. The maximum atomic E-state index is 9.88. The molecule has 1 aromatic heterocycles. The zero-order valence-electron chi connectivity index (χ0n) is 11.4. The van der Waals surface area contributed by atoms with Crippen LogP contribution in [0, 0.1) is 0 Å². The van der Waals surface area contributed by atoms with Crippen molar-refractivity contribution in [3.8, 4) is 11.5 Å². The van der Waals surface area contributed by atoms with E-state index in [1.165, 1.54) is 0 Å². The average Bonchev–Trinajstić information content (AvgIpc) is 2.53. The van der Waals surface area contributed by atoms with Gasteiger partial charge in [-0.25, -0.2) is 0 Å². The van der Waals surface area contributed by atoms with E-state index >= 15 is 0 Å². The van der Waals surface area contributed by atoms with Crippen molar-refractivity contribution >= 4 is 22.9 Å². The van der Waals surface area contributed by atoms with Crippen molar-refractivity contribution in [2.45, 2.75) is 0 Å². The fourth-order valence-corrected chi connectivity index (χ4v) is 2.01. The van der Waals surface area contributed by atoms with Gasteiger partial charge in [0, 0.05) is 18.6 Å². The van der Waals surface area contributed by atoms with E-state index < -0.39 is 0 Å². The minimum Gasteiger partial charge on any atom is -0.507 e. The lowest BCUT2D eigenvalue weighted by atomic mass is 10.2. The summed E-state index contributed by atoms with van der Waals surface area (Å²) in [6, 6.07) is 10.6. The summed E-state index contributed by atoms with van der Waals surface area (Å²) in [7, 11) is 1.55. The van der Waals surface area contributed by atoms with E-state index in [-0.39, 0.29) is 5.75 Å². The molecule has 0 saturated heterocycles. The van der Waals surface area contributed by atoms with Gasteiger partial charge in [0.15, 0.2) is 0 Å². The fourth-order valence-electron chi connectivity index (χ4n) is 2.01. The highest BCUT2D eigenvalue weighted by Gasteiger charge is 2.05. The Morgan fingerprint density at radius 1 is 1.10 bits per heavy atom. The topological polar surface area (TPSA) is 67.6 Å². The van der Waals surface area contributed by atoms with Gasteiger partial charge in [0.25, 0.3) is 0 Å². The monoisotopic (exact) mass is 279 g/mol. The van der Waals surface area contributed by atoms with Gasteiger partial charge in [0.2, 0.25) is 0 Å². The van der Waals surface area contributed by atoms with Gasteiger partial charge in [0.05, 0.1) is 29.4 Å². The van der Waals surface area contributed by atoms with E-state index in [0.717, 1.165) is 16.7 Å². The summed E-state index contributed by atoms with van der Waals surface area (Å²) in [5, 5.41) is 9.88. The number of aliphatic imine (C=N–C) groups is 1. The van der Waals surface area contributed by atoms with E-state index in [4.69, 9.17) is 4.74 Å². The molecule has 3 rings (SSSR count). The van der Waals surface area contributed by atoms with Gasteiger partial charge < -0.3 is 9.84 Å². The average molecular weight is 279 g/mol. The summed E-state index contributed by atoms with van der Waals surface area (Å²) in [5.41, 5.74) is 2.86. The highest BCUT2D eigenvalue weighted by molar-refractivity contribution is 5.89. The number of phenolic OH excluding ortho intramolecular Hbond substituents is 1. The smallest absolute Gasteiger partial charge is 0.131 e. The van der Waals surface area contributed by atoms with Gasteiger partial charge in [-0.1, -0.05) is 6.07 Å². The first-order chi connectivity index (χ1) is 10.3. The van der Waals surface area contributed by atoms with Crippen LogP contribution in [0.1, 0.15) is 5.56 Å². The van der Waals surface area contributed by atoms with Crippen LogP contribution >= 0.6 is 0 Å². The number of methoxy groups -OCH3 is 1. The molecular formula is C16H13N3O2. The van der Waals surface area contributed by atoms with Crippen molar-refractivity contribution in [1.29, 1.82) is 0 Å². The molecule has 0 aliphatic carbocycles. The minimum atomic E-state index is 0.124. The number of rotatable bonds is 3. The molecule has 2 aromatic carbocycles. The predicted octanol–water partition coefficient (Wildman–Crippen LogP) is 3.09. The number of hydrogen-bond donors (Lipinski definition) is 1. The lowest BCUT2D eigenvalue weighted by molar-refractivity contribution is 0.406. The summed E-state index contributed by atoms with van der Waals surface area (Å²) in [6.45, 7) is 0. The second-order valence-electron chi connectivity index (χ2n) is 4.38. The lowest BCUT2D eigenvalue weighted by Gasteiger charge is -2.05. The predicted molar refractivity (Wildman–Crippen MR) is 81.5 cm³/mol. The summed E-state index contributed by atoms with van der Waals surface area (Å²) >= 11 is 0. The largest absolute Gasteiger partial charge is 0.507 e. The third-order valence-electron chi connectivity index (χ3n) is 3.06. The highest BCUT2D eigenvalue weighted by Crippen LogP contribution is 2.26. The van der Waals surface area contributed by atoms with Crippen LogP contribution in [-0.4, -0.2) is 28.4 Å². The molecule has 0 aliphatic rings. The van der Waals surface area contributed by atoms with Crippen molar-refractivity contribution in [3.63, 3.8) is 0 Å². The number of phenols is 1. The van der Waals surface area contributed by atoms with Crippen LogP contribution in [0.4, 0.5) is 5.69 Å². The molecule has 1 N–H and O–H groups in total. The van der Waals surface area contributed by atoms with Crippen LogP contribution in [-0.2, 0) is 0 Å². The Bertz CT molecular complexity index is 815. The summed E-state index contributed by atoms with van der Waals surface area (Å²) < 4.78 is 5.21. The first kappa shape index (κ1) is 13.1. The van der Waals surface area contributed by atoms with Crippen molar-refractivity contribution in [1.82, 2.24) is 9.97 Å². The molecule has 5 nitrogen and oxygen atoms in total. The molecule has 0 aliphatic heterocycles. The SMILES string of the molecule is COc1cccc(O)c1C=Nc1ccc2nccnc2c1. The minimum absolute atomic E-state index is 0.124. The Labute approximate surface area is 121 Å². The second kappa shape index (κ2) is 5.58. The standard InChI is InChI=1S/C16H13N3O2/c1-21-16-4-2-3-15(20)12(16)10-19-11-5-6-13-14(9-11)18-8-7-17-13/h2-10,20H,1H3. The summed E-state index contributed by atoms with van der Waals surface area (Å²) in [5.74, 6) is 0.693. The van der Waals surface area contributed by atoms with E-state index in [2.05, 4.69) is 15.0 Å². The van der Waals surface area contributed by atoms with Gasteiger partial charge in [0.1, 0.15) is 11.5 Å². The van der Waals surface area contributed by atoms with E-state index in [9.17, 15) is 5.11 Å². The van der Waals surface area contributed by atoms with Crippen molar-refractivity contribution in [2.24, 2.45) is 4.99 Å². The Morgan fingerprint density at radius 3 is 2.71 bits per heavy atom. The molecule has 0 fully saturated rings. The third-order valence-corrected chi connectivity index (χ3v) is 3.06. The van der Waals surface area contributed by atoms with Crippen LogP contribution < -0.4 is 4.74 Å². The van der Waals surface area contributed by atoms with Gasteiger partial charge >= 0.3 is 0 Å². The number of aromatic nitrogens is 2. The molecule has 0 amide bonds. The van der Waals surface area contributed by atoms with Gasteiger partial charge in [-0.3, -0.25) is 15.0 Å². The van der Waals surface area contributed by atoms with Gasteiger partial charge in [-0.15, -0.1) is 0 Å². The maximum Gasteiger partial charge on any atom is 0.131 e. The third kappa shape index (κ3) is 2.67. The molecule has 0 radical (unpaired) electrons. The molecule has 0 saturated carbocycles. The summed E-state index contributed by atoms with van der Waals surface area (Å²) in [6.07, 6.45) is 4.87. The number of fused-ring (bicyclic) bond motifs is 1. The van der Waals surface area contributed by atoms with Gasteiger partial charge in [-0.2, -0.15) is 0 Å². The van der Waals surface area contributed by atoms with Crippen molar-refractivity contribution in [2.75, 3.05) is 7.11 Å². The first-order valence-electron chi connectivity index (χ1n) is 6.39. The molecule has 0 spiro atoms. The molecule has 1 heterocycles.